The highest BCUT2D eigenvalue weighted by Gasteiger charge is 2.21. The molecule has 0 aliphatic heterocycles. The zero-order valence-corrected chi connectivity index (χ0v) is 12.1. The quantitative estimate of drug-likeness (QED) is 0.610. The lowest BCUT2D eigenvalue weighted by atomic mass is 10.1. The molecular weight excluding hydrogens is 262 g/mol. The van der Waals surface area contributed by atoms with Gasteiger partial charge in [0, 0.05) is 25.3 Å². The predicted molar refractivity (Wildman–Crippen MR) is 74.8 cm³/mol. The molecule has 1 fully saturated rings. The van der Waals surface area contributed by atoms with E-state index in [4.69, 9.17) is 5.11 Å². The van der Waals surface area contributed by atoms with Crippen LogP contribution >= 0.6 is 11.8 Å². The first-order valence-electron chi connectivity index (χ1n) is 6.74. The van der Waals surface area contributed by atoms with Crippen molar-refractivity contribution in [3.8, 4) is 0 Å². The van der Waals surface area contributed by atoms with Gasteiger partial charge in [0.1, 0.15) is 0 Å². The summed E-state index contributed by atoms with van der Waals surface area (Å²) in [6.45, 7) is 0.670. The minimum atomic E-state index is 0.00246. The van der Waals surface area contributed by atoms with Crippen molar-refractivity contribution < 1.29 is 9.90 Å². The van der Waals surface area contributed by atoms with Crippen LogP contribution in [0.3, 0.4) is 0 Å². The molecule has 1 aliphatic carbocycles. The summed E-state index contributed by atoms with van der Waals surface area (Å²) in [7, 11) is 1.89. The molecule has 1 amide bonds. The maximum atomic E-state index is 11.8. The number of aromatic nitrogens is 2. The number of nitrogens with zero attached hydrogens (tertiary/aromatic N) is 2. The van der Waals surface area contributed by atoms with Crippen LogP contribution in [-0.2, 0) is 18.4 Å². The second-order valence-corrected chi connectivity index (χ2v) is 5.93. The Kier molecular flexibility index (Phi) is 5.27. The lowest BCUT2D eigenvalue weighted by molar-refractivity contribution is -0.124. The van der Waals surface area contributed by atoms with Gasteiger partial charge in [-0.2, -0.15) is 0 Å². The average Bonchev–Trinajstić information content (AvgIpc) is 3.05. The fourth-order valence-corrected chi connectivity index (χ4v) is 3.18. The molecule has 19 heavy (non-hydrogen) atoms. The fourth-order valence-electron chi connectivity index (χ4n) is 2.36. The highest BCUT2D eigenvalue weighted by Crippen LogP contribution is 2.24. The second kappa shape index (κ2) is 6.96. The normalized spacial score (nSPS) is 15.9. The van der Waals surface area contributed by atoms with Gasteiger partial charge in [-0.3, -0.25) is 4.79 Å². The van der Waals surface area contributed by atoms with E-state index in [0.29, 0.717) is 6.54 Å². The molecule has 0 bridgehead atoms. The van der Waals surface area contributed by atoms with Crippen LogP contribution < -0.4 is 5.32 Å². The monoisotopic (exact) mass is 283 g/mol. The van der Waals surface area contributed by atoms with Gasteiger partial charge in [-0.1, -0.05) is 24.6 Å². The SMILES string of the molecule is Cn1c(CO)cnc1SCCNC(=O)C1CCCC1. The molecule has 0 radical (unpaired) electrons. The van der Waals surface area contributed by atoms with Crippen LogP contribution in [0.15, 0.2) is 11.4 Å². The van der Waals surface area contributed by atoms with Crippen molar-refractivity contribution in [3.05, 3.63) is 11.9 Å². The van der Waals surface area contributed by atoms with E-state index in [9.17, 15) is 4.79 Å². The molecule has 2 rings (SSSR count). The van der Waals surface area contributed by atoms with Gasteiger partial charge in [0.15, 0.2) is 5.16 Å². The van der Waals surface area contributed by atoms with E-state index >= 15 is 0 Å². The molecule has 1 heterocycles. The fraction of sp³-hybridized carbons (Fsp3) is 0.692. The Hall–Kier alpha value is -1.01. The zero-order chi connectivity index (χ0) is 13.7. The van der Waals surface area contributed by atoms with E-state index in [1.165, 1.54) is 12.8 Å². The highest BCUT2D eigenvalue weighted by molar-refractivity contribution is 7.99. The van der Waals surface area contributed by atoms with Crippen LogP contribution in [0.4, 0.5) is 0 Å². The highest BCUT2D eigenvalue weighted by atomic mass is 32.2. The Labute approximate surface area is 117 Å². The van der Waals surface area contributed by atoms with E-state index in [1.54, 1.807) is 18.0 Å². The summed E-state index contributed by atoms with van der Waals surface area (Å²) in [5.41, 5.74) is 0.803. The summed E-state index contributed by atoms with van der Waals surface area (Å²) < 4.78 is 1.88. The summed E-state index contributed by atoms with van der Waals surface area (Å²) in [6.07, 6.45) is 6.13. The number of hydrogen-bond donors (Lipinski definition) is 2. The summed E-state index contributed by atoms with van der Waals surface area (Å²) in [4.78, 5) is 16.0. The maximum Gasteiger partial charge on any atom is 0.223 e. The Morgan fingerprint density at radius 2 is 2.32 bits per heavy atom. The number of thioether (sulfide) groups is 1. The van der Waals surface area contributed by atoms with E-state index in [2.05, 4.69) is 10.3 Å². The molecule has 106 valence electrons. The number of aliphatic hydroxyl groups excluding tert-OH is 1. The Morgan fingerprint density at radius 1 is 1.58 bits per heavy atom. The maximum absolute atomic E-state index is 11.8. The van der Waals surface area contributed by atoms with Crippen LogP contribution in [0, 0.1) is 5.92 Å². The van der Waals surface area contributed by atoms with Crippen LogP contribution in [-0.4, -0.2) is 32.9 Å². The average molecular weight is 283 g/mol. The molecule has 1 aromatic heterocycles. The van der Waals surface area contributed by atoms with Gasteiger partial charge in [0.25, 0.3) is 0 Å². The van der Waals surface area contributed by atoms with Crippen LogP contribution in [0.25, 0.3) is 0 Å². The van der Waals surface area contributed by atoms with E-state index < -0.39 is 0 Å². The van der Waals surface area contributed by atoms with Crippen molar-refractivity contribution in [3.63, 3.8) is 0 Å². The topological polar surface area (TPSA) is 67.2 Å². The first-order valence-corrected chi connectivity index (χ1v) is 7.73. The Morgan fingerprint density at radius 3 is 2.95 bits per heavy atom. The smallest absolute Gasteiger partial charge is 0.223 e. The first kappa shape index (κ1) is 14.4. The van der Waals surface area contributed by atoms with Gasteiger partial charge in [0.2, 0.25) is 5.91 Å². The molecule has 6 heteroatoms. The number of imidazole rings is 1. The lowest BCUT2D eigenvalue weighted by Gasteiger charge is -2.10. The molecule has 0 saturated heterocycles. The molecule has 2 N–H and O–H groups in total. The third-order valence-electron chi connectivity index (χ3n) is 3.56. The summed E-state index contributed by atoms with van der Waals surface area (Å²) in [5.74, 6) is 1.24. The number of nitrogens with one attached hydrogen (secondary N) is 1. The van der Waals surface area contributed by atoms with Crippen LogP contribution in [0.5, 0.6) is 0 Å². The van der Waals surface area contributed by atoms with Crippen molar-refractivity contribution >= 4 is 17.7 Å². The van der Waals surface area contributed by atoms with E-state index in [-0.39, 0.29) is 18.4 Å². The van der Waals surface area contributed by atoms with Gasteiger partial charge in [-0.25, -0.2) is 4.98 Å². The van der Waals surface area contributed by atoms with Crippen molar-refractivity contribution in [1.82, 2.24) is 14.9 Å². The van der Waals surface area contributed by atoms with Crippen molar-refractivity contribution in [2.75, 3.05) is 12.3 Å². The number of rotatable bonds is 6. The van der Waals surface area contributed by atoms with Gasteiger partial charge >= 0.3 is 0 Å². The molecule has 0 aromatic carbocycles. The largest absolute Gasteiger partial charge is 0.390 e. The number of carbonyl (C=O) groups excluding carboxylic acids is 1. The second-order valence-electron chi connectivity index (χ2n) is 4.87. The Balaban J connectivity index is 1.68. The zero-order valence-electron chi connectivity index (χ0n) is 11.3. The third-order valence-corrected chi connectivity index (χ3v) is 4.61. The van der Waals surface area contributed by atoms with Crippen molar-refractivity contribution in [2.24, 2.45) is 13.0 Å². The molecular formula is C13H21N3O2S. The number of amides is 1. The van der Waals surface area contributed by atoms with Crippen molar-refractivity contribution in [2.45, 2.75) is 37.4 Å². The van der Waals surface area contributed by atoms with E-state index in [0.717, 1.165) is 29.4 Å². The molecule has 5 nitrogen and oxygen atoms in total. The molecule has 0 spiro atoms. The summed E-state index contributed by atoms with van der Waals surface area (Å²) in [6, 6.07) is 0. The van der Waals surface area contributed by atoms with Gasteiger partial charge < -0.3 is 15.0 Å². The number of aliphatic hydroxyl groups is 1. The summed E-state index contributed by atoms with van der Waals surface area (Å²) in [5, 5.41) is 12.9. The minimum Gasteiger partial charge on any atom is -0.390 e. The van der Waals surface area contributed by atoms with Gasteiger partial charge in [-0.05, 0) is 12.8 Å². The third kappa shape index (κ3) is 3.73. The minimum absolute atomic E-state index is 0.00246. The predicted octanol–water partition coefficient (Wildman–Crippen LogP) is 1.31. The van der Waals surface area contributed by atoms with Crippen LogP contribution in [0.1, 0.15) is 31.4 Å². The Bertz CT molecular complexity index is 428. The number of carbonyl (C=O) groups is 1. The van der Waals surface area contributed by atoms with E-state index in [1.807, 2.05) is 11.6 Å². The van der Waals surface area contributed by atoms with Crippen LogP contribution in [0.2, 0.25) is 0 Å². The number of hydrogen-bond acceptors (Lipinski definition) is 4. The first-order chi connectivity index (χ1) is 9.22. The standard InChI is InChI=1S/C13H21N3O2S/c1-16-11(9-17)8-15-13(16)19-7-6-14-12(18)10-4-2-3-5-10/h8,10,17H,2-7,9H2,1H3,(H,14,18). The van der Waals surface area contributed by atoms with Crippen molar-refractivity contribution in [1.29, 1.82) is 0 Å². The molecule has 1 aromatic rings. The molecule has 0 unspecified atom stereocenters. The van der Waals surface area contributed by atoms with Gasteiger partial charge in [-0.15, -0.1) is 0 Å². The molecule has 1 aliphatic rings. The molecule has 1 saturated carbocycles. The van der Waals surface area contributed by atoms with Gasteiger partial charge in [0.05, 0.1) is 18.5 Å². The molecule has 0 atom stereocenters. The summed E-state index contributed by atoms with van der Waals surface area (Å²) >= 11 is 1.59. The lowest BCUT2D eigenvalue weighted by Crippen LogP contribution is -2.31.